The molecule has 1 nitrogen and oxygen atoms in total. The highest BCUT2D eigenvalue weighted by atomic mass is 32.1. The first-order valence-corrected chi connectivity index (χ1v) is 4.51. The highest BCUT2D eigenvalue weighted by Gasteiger charge is 2.02. The van der Waals surface area contributed by atoms with Crippen LogP contribution in [0.5, 0.6) is 0 Å². The van der Waals surface area contributed by atoms with Gasteiger partial charge in [-0.05, 0) is 23.6 Å². The van der Waals surface area contributed by atoms with Gasteiger partial charge in [-0.1, -0.05) is 0 Å². The van der Waals surface area contributed by atoms with E-state index in [0.29, 0.717) is 5.69 Å². The van der Waals surface area contributed by atoms with Crippen LogP contribution in [0.25, 0.3) is 10.1 Å². The van der Waals surface area contributed by atoms with Crippen molar-refractivity contribution < 1.29 is 4.39 Å². The zero-order chi connectivity index (χ0) is 8.55. The fourth-order valence-electron chi connectivity index (χ4n) is 1.20. The smallest absolute Gasteiger partial charge is 0.116 e. The van der Waals surface area contributed by atoms with Crippen molar-refractivity contribution in [3.05, 3.63) is 29.1 Å². The molecular formula is C9H8FNS. The number of nitrogens with two attached hydrogens (primary N) is 1. The summed E-state index contributed by atoms with van der Waals surface area (Å²) in [6.07, 6.45) is 0. The van der Waals surface area contributed by atoms with Crippen molar-refractivity contribution in [2.45, 2.75) is 6.67 Å². The number of nitrogen functional groups attached to an aromatic ring is 1. The van der Waals surface area contributed by atoms with Crippen LogP contribution in [-0.4, -0.2) is 0 Å². The van der Waals surface area contributed by atoms with E-state index in [2.05, 4.69) is 0 Å². The Morgan fingerprint density at radius 2 is 2.25 bits per heavy atom. The predicted octanol–water partition coefficient (Wildman–Crippen LogP) is 2.95. The average Bonchev–Trinajstić information content (AvgIpc) is 2.46. The quantitative estimate of drug-likeness (QED) is 0.672. The summed E-state index contributed by atoms with van der Waals surface area (Å²) < 4.78 is 13.5. The Hall–Kier alpha value is -1.09. The van der Waals surface area contributed by atoms with Gasteiger partial charge in [-0.25, -0.2) is 4.39 Å². The standard InChI is InChI=1S/C9H8FNS/c10-4-6-5-12-9-2-1-7(11)3-8(6)9/h1-3,5H,4,11H2. The first kappa shape index (κ1) is 7.55. The van der Waals surface area contributed by atoms with E-state index in [0.717, 1.165) is 15.6 Å². The number of rotatable bonds is 1. The summed E-state index contributed by atoms with van der Waals surface area (Å²) >= 11 is 1.55. The molecule has 62 valence electrons. The molecule has 0 radical (unpaired) electrons. The number of anilines is 1. The third-order valence-electron chi connectivity index (χ3n) is 1.82. The SMILES string of the molecule is Nc1ccc2scc(CF)c2c1. The van der Waals surface area contributed by atoms with E-state index in [4.69, 9.17) is 5.73 Å². The van der Waals surface area contributed by atoms with Crippen LogP contribution in [0.2, 0.25) is 0 Å². The molecule has 3 heteroatoms. The first-order valence-electron chi connectivity index (χ1n) is 3.63. The number of fused-ring (bicyclic) bond motifs is 1. The van der Waals surface area contributed by atoms with Gasteiger partial charge < -0.3 is 5.73 Å². The summed E-state index contributed by atoms with van der Waals surface area (Å²) in [5.74, 6) is 0. The summed E-state index contributed by atoms with van der Waals surface area (Å²) in [5.41, 5.74) is 7.02. The van der Waals surface area contributed by atoms with E-state index in [1.807, 2.05) is 23.6 Å². The van der Waals surface area contributed by atoms with Gasteiger partial charge in [0.15, 0.2) is 0 Å². The molecule has 0 unspecified atom stereocenters. The molecule has 0 amide bonds. The van der Waals surface area contributed by atoms with Gasteiger partial charge in [0.1, 0.15) is 6.67 Å². The topological polar surface area (TPSA) is 26.0 Å². The molecule has 2 aromatic rings. The zero-order valence-corrected chi connectivity index (χ0v) is 7.20. The summed E-state index contributed by atoms with van der Waals surface area (Å²) in [4.78, 5) is 0. The van der Waals surface area contributed by atoms with Crippen LogP contribution in [0.3, 0.4) is 0 Å². The number of benzene rings is 1. The van der Waals surface area contributed by atoms with Gasteiger partial charge in [0.2, 0.25) is 0 Å². The molecule has 0 atom stereocenters. The van der Waals surface area contributed by atoms with E-state index in [1.54, 1.807) is 11.3 Å². The fourth-order valence-corrected chi connectivity index (χ4v) is 2.13. The molecule has 1 heterocycles. The van der Waals surface area contributed by atoms with E-state index in [-0.39, 0.29) is 0 Å². The van der Waals surface area contributed by atoms with Crippen molar-refractivity contribution in [3.8, 4) is 0 Å². The predicted molar refractivity (Wildman–Crippen MR) is 51.0 cm³/mol. The highest BCUT2D eigenvalue weighted by molar-refractivity contribution is 7.17. The summed E-state index contributed by atoms with van der Waals surface area (Å²) in [6, 6.07) is 5.58. The maximum Gasteiger partial charge on any atom is 0.116 e. The van der Waals surface area contributed by atoms with Crippen LogP contribution >= 0.6 is 11.3 Å². The van der Waals surface area contributed by atoms with E-state index >= 15 is 0 Å². The molecule has 1 aromatic heterocycles. The maximum atomic E-state index is 12.4. The molecule has 0 aliphatic heterocycles. The van der Waals surface area contributed by atoms with Crippen molar-refractivity contribution in [1.29, 1.82) is 0 Å². The number of halogens is 1. The molecule has 0 saturated carbocycles. The molecule has 2 N–H and O–H groups in total. The van der Waals surface area contributed by atoms with Gasteiger partial charge in [0, 0.05) is 21.3 Å². The highest BCUT2D eigenvalue weighted by Crippen LogP contribution is 2.28. The molecule has 0 spiro atoms. The molecule has 1 aromatic carbocycles. The van der Waals surface area contributed by atoms with E-state index in [9.17, 15) is 4.39 Å². The fraction of sp³-hybridized carbons (Fsp3) is 0.111. The Morgan fingerprint density at radius 3 is 3.00 bits per heavy atom. The van der Waals surface area contributed by atoms with Crippen LogP contribution < -0.4 is 5.73 Å². The normalized spacial score (nSPS) is 10.8. The Bertz CT molecular complexity index is 408. The summed E-state index contributed by atoms with van der Waals surface area (Å²) in [5, 5.41) is 2.78. The lowest BCUT2D eigenvalue weighted by molar-refractivity contribution is 0.488. The summed E-state index contributed by atoms with van der Waals surface area (Å²) in [7, 11) is 0. The van der Waals surface area contributed by atoms with Crippen LogP contribution in [0.4, 0.5) is 10.1 Å². The Morgan fingerprint density at radius 1 is 1.42 bits per heavy atom. The van der Waals surface area contributed by atoms with Gasteiger partial charge in [-0.3, -0.25) is 0 Å². The zero-order valence-electron chi connectivity index (χ0n) is 6.38. The Labute approximate surface area is 73.6 Å². The lowest BCUT2D eigenvalue weighted by Gasteiger charge is -1.94. The third kappa shape index (κ3) is 1.06. The molecule has 0 aliphatic rings. The van der Waals surface area contributed by atoms with Gasteiger partial charge in [0.05, 0.1) is 0 Å². The molecule has 2 rings (SSSR count). The lowest BCUT2D eigenvalue weighted by Crippen LogP contribution is -1.83. The van der Waals surface area contributed by atoms with Gasteiger partial charge in [-0.2, -0.15) is 0 Å². The van der Waals surface area contributed by atoms with Crippen molar-refractivity contribution in [1.82, 2.24) is 0 Å². The largest absolute Gasteiger partial charge is 0.399 e. The van der Waals surface area contributed by atoms with Crippen LogP contribution in [0.1, 0.15) is 5.56 Å². The van der Waals surface area contributed by atoms with Crippen LogP contribution in [-0.2, 0) is 6.67 Å². The second-order valence-electron chi connectivity index (χ2n) is 2.65. The lowest BCUT2D eigenvalue weighted by atomic mass is 10.2. The number of hydrogen-bond donors (Lipinski definition) is 1. The number of thiophene rings is 1. The molecule has 0 aliphatic carbocycles. The van der Waals surface area contributed by atoms with Crippen molar-refractivity contribution in [2.75, 3.05) is 5.73 Å². The third-order valence-corrected chi connectivity index (χ3v) is 2.83. The van der Waals surface area contributed by atoms with Gasteiger partial charge in [-0.15, -0.1) is 11.3 Å². The van der Waals surface area contributed by atoms with Crippen molar-refractivity contribution in [3.63, 3.8) is 0 Å². The Kier molecular flexibility index (Phi) is 1.73. The van der Waals surface area contributed by atoms with E-state index < -0.39 is 6.67 Å². The number of hydrogen-bond acceptors (Lipinski definition) is 2. The molecule has 0 saturated heterocycles. The molecule has 12 heavy (non-hydrogen) atoms. The van der Waals surface area contributed by atoms with Gasteiger partial charge >= 0.3 is 0 Å². The average molecular weight is 181 g/mol. The summed E-state index contributed by atoms with van der Waals surface area (Å²) in [6.45, 7) is -0.413. The van der Waals surface area contributed by atoms with E-state index in [1.165, 1.54) is 0 Å². The monoisotopic (exact) mass is 181 g/mol. The Balaban J connectivity index is 2.75. The first-order chi connectivity index (χ1) is 5.81. The molecule has 0 bridgehead atoms. The number of alkyl halides is 1. The molecule has 0 fully saturated rings. The van der Waals surface area contributed by atoms with Crippen LogP contribution in [0, 0.1) is 0 Å². The minimum absolute atomic E-state index is 0.413. The van der Waals surface area contributed by atoms with Crippen LogP contribution in [0.15, 0.2) is 23.6 Å². The van der Waals surface area contributed by atoms with Crippen molar-refractivity contribution in [2.24, 2.45) is 0 Å². The maximum absolute atomic E-state index is 12.4. The molecular weight excluding hydrogens is 173 g/mol. The van der Waals surface area contributed by atoms with Crippen molar-refractivity contribution >= 4 is 27.1 Å². The second-order valence-corrected chi connectivity index (χ2v) is 3.56. The minimum atomic E-state index is -0.413. The van der Waals surface area contributed by atoms with Gasteiger partial charge in [0.25, 0.3) is 0 Å². The minimum Gasteiger partial charge on any atom is -0.399 e. The second kappa shape index (κ2) is 2.75.